The van der Waals surface area contributed by atoms with Gasteiger partial charge in [0, 0.05) is 24.4 Å². The standard InChI is InChI=1S/C12H11NOS/c1-9-2-4-13-7-11(9)12(14)6-10-3-5-15-8-10/h2-5,7-8H,6H2,1H3. The molecule has 76 valence electrons. The molecule has 2 nitrogen and oxygen atoms in total. The van der Waals surface area contributed by atoms with Crippen molar-refractivity contribution in [2.24, 2.45) is 0 Å². The Balaban J connectivity index is 2.19. The van der Waals surface area contributed by atoms with Gasteiger partial charge in [0.2, 0.25) is 0 Å². The maximum Gasteiger partial charge on any atom is 0.169 e. The molecule has 0 unspecified atom stereocenters. The Kier molecular flexibility index (Phi) is 2.92. The van der Waals surface area contributed by atoms with Gasteiger partial charge in [-0.05, 0) is 40.9 Å². The minimum Gasteiger partial charge on any atom is -0.294 e. The molecule has 2 aromatic heterocycles. The average Bonchev–Trinajstić information content (AvgIpc) is 2.71. The molecule has 0 aromatic carbocycles. The van der Waals surface area contributed by atoms with Crippen molar-refractivity contribution in [2.75, 3.05) is 0 Å². The van der Waals surface area contributed by atoms with Crippen molar-refractivity contribution in [1.29, 1.82) is 0 Å². The summed E-state index contributed by atoms with van der Waals surface area (Å²) in [4.78, 5) is 15.9. The summed E-state index contributed by atoms with van der Waals surface area (Å²) in [6.07, 6.45) is 3.82. The number of aryl methyl sites for hydroxylation is 1. The minimum absolute atomic E-state index is 0.138. The molecule has 2 rings (SSSR count). The average molecular weight is 217 g/mol. The topological polar surface area (TPSA) is 30.0 Å². The highest BCUT2D eigenvalue weighted by Gasteiger charge is 2.09. The number of carbonyl (C=O) groups excluding carboxylic acids is 1. The summed E-state index contributed by atoms with van der Waals surface area (Å²) in [6.45, 7) is 1.93. The third-order valence-corrected chi connectivity index (χ3v) is 3.02. The third-order valence-electron chi connectivity index (χ3n) is 2.28. The van der Waals surface area contributed by atoms with E-state index in [0.29, 0.717) is 6.42 Å². The van der Waals surface area contributed by atoms with Gasteiger partial charge >= 0.3 is 0 Å². The second kappa shape index (κ2) is 4.36. The predicted molar refractivity (Wildman–Crippen MR) is 61.3 cm³/mol. The van der Waals surface area contributed by atoms with E-state index in [0.717, 1.165) is 16.7 Å². The van der Waals surface area contributed by atoms with Gasteiger partial charge in [0.05, 0.1) is 0 Å². The van der Waals surface area contributed by atoms with Crippen molar-refractivity contribution in [3.05, 3.63) is 52.0 Å². The summed E-state index contributed by atoms with van der Waals surface area (Å²) in [7, 11) is 0. The number of thiophene rings is 1. The lowest BCUT2D eigenvalue weighted by molar-refractivity contribution is 0.0992. The maximum absolute atomic E-state index is 11.9. The normalized spacial score (nSPS) is 10.2. The van der Waals surface area contributed by atoms with E-state index in [1.807, 2.05) is 29.8 Å². The number of aromatic nitrogens is 1. The van der Waals surface area contributed by atoms with Crippen molar-refractivity contribution < 1.29 is 4.79 Å². The zero-order valence-electron chi connectivity index (χ0n) is 8.43. The Morgan fingerprint density at radius 3 is 3.00 bits per heavy atom. The Hall–Kier alpha value is -1.48. The quantitative estimate of drug-likeness (QED) is 0.740. The first-order chi connectivity index (χ1) is 7.27. The largest absolute Gasteiger partial charge is 0.294 e. The summed E-state index contributed by atoms with van der Waals surface area (Å²) >= 11 is 1.61. The van der Waals surface area contributed by atoms with Crippen LogP contribution in [0.4, 0.5) is 0 Å². The molecule has 15 heavy (non-hydrogen) atoms. The lowest BCUT2D eigenvalue weighted by atomic mass is 10.0. The second-order valence-electron chi connectivity index (χ2n) is 3.42. The Bertz CT molecular complexity index is 462. The van der Waals surface area contributed by atoms with Gasteiger partial charge in [0.15, 0.2) is 5.78 Å². The zero-order valence-corrected chi connectivity index (χ0v) is 9.25. The molecule has 0 amide bonds. The minimum atomic E-state index is 0.138. The molecule has 0 saturated heterocycles. The second-order valence-corrected chi connectivity index (χ2v) is 4.20. The molecule has 0 atom stereocenters. The SMILES string of the molecule is Cc1ccncc1C(=O)Cc1ccsc1. The van der Waals surface area contributed by atoms with E-state index in [2.05, 4.69) is 4.98 Å². The van der Waals surface area contributed by atoms with Gasteiger partial charge in [-0.2, -0.15) is 11.3 Å². The van der Waals surface area contributed by atoms with Crippen LogP contribution in [0.15, 0.2) is 35.3 Å². The summed E-state index contributed by atoms with van der Waals surface area (Å²) in [5, 5.41) is 3.99. The Morgan fingerprint density at radius 1 is 1.47 bits per heavy atom. The van der Waals surface area contributed by atoms with Gasteiger partial charge in [0.25, 0.3) is 0 Å². The summed E-state index contributed by atoms with van der Waals surface area (Å²) in [6, 6.07) is 3.84. The third kappa shape index (κ3) is 2.30. The molecule has 2 heterocycles. The monoisotopic (exact) mass is 217 g/mol. The summed E-state index contributed by atoms with van der Waals surface area (Å²) in [5.41, 5.74) is 2.79. The highest BCUT2D eigenvalue weighted by atomic mass is 32.1. The van der Waals surface area contributed by atoms with Crippen LogP contribution in [-0.4, -0.2) is 10.8 Å². The first kappa shape index (κ1) is 10.1. The van der Waals surface area contributed by atoms with Crippen molar-refractivity contribution in [2.45, 2.75) is 13.3 Å². The molecule has 0 N–H and O–H groups in total. The van der Waals surface area contributed by atoms with Gasteiger partial charge in [-0.25, -0.2) is 0 Å². The molecule has 0 radical (unpaired) electrons. The number of ketones is 1. The molecule has 0 bridgehead atoms. The van der Waals surface area contributed by atoms with Crippen LogP contribution >= 0.6 is 11.3 Å². The van der Waals surface area contributed by atoms with Gasteiger partial charge in [-0.3, -0.25) is 9.78 Å². The summed E-state index contributed by atoms with van der Waals surface area (Å²) in [5.74, 6) is 0.138. The molecule has 2 aromatic rings. The molecular formula is C12H11NOS. The number of hydrogen-bond acceptors (Lipinski definition) is 3. The van der Waals surface area contributed by atoms with Crippen LogP contribution in [0.3, 0.4) is 0 Å². The van der Waals surface area contributed by atoms with E-state index >= 15 is 0 Å². The van der Waals surface area contributed by atoms with Crippen molar-refractivity contribution in [1.82, 2.24) is 4.98 Å². The Labute approximate surface area is 92.6 Å². The van der Waals surface area contributed by atoms with E-state index in [9.17, 15) is 4.79 Å². The molecule has 0 spiro atoms. The molecule has 0 saturated carbocycles. The predicted octanol–water partition coefficient (Wildman–Crippen LogP) is 2.88. The van der Waals surface area contributed by atoms with E-state index in [4.69, 9.17) is 0 Å². The van der Waals surface area contributed by atoms with Crippen LogP contribution in [0.25, 0.3) is 0 Å². The fourth-order valence-electron chi connectivity index (χ4n) is 1.43. The number of Topliss-reactive ketones (excluding diaryl/α,β-unsaturated/α-hetero) is 1. The van der Waals surface area contributed by atoms with Gasteiger partial charge in [-0.1, -0.05) is 0 Å². The van der Waals surface area contributed by atoms with Crippen LogP contribution < -0.4 is 0 Å². The van der Waals surface area contributed by atoms with Crippen molar-refractivity contribution in [3.8, 4) is 0 Å². The number of hydrogen-bond donors (Lipinski definition) is 0. The fraction of sp³-hybridized carbons (Fsp3) is 0.167. The molecule has 0 aliphatic heterocycles. The molecule has 0 fully saturated rings. The number of rotatable bonds is 3. The molecule has 3 heteroatoms. The first-order valence-corrected chi connectivity index (χ1v) is 5.66. The molecular weight excluding hydrogens is 206 g/mol. The van der Waals surface area contributed by atoms with E-state index in [1.54, 1.807) is 23.7 Å². The van der Waals surface area contributed by atoms with Crippen molar-refractivity contribution >= 4 is 17.1 Å². The van der Waals surface area contributed by atoms with E-state index in [1.165, 1.54) is 0 Å². The van der Waals surface area contributed by atoms with Crippen molar-refractivity contribution in [3.63, 3.8) is 0 Å². The van der Waals surface area contributed by atoms with Crippen LogP contribution in [0.2, 0.25) is 0 Å². The highest BCUT2D eigenvalue weighted by molar-refractivity contribution is 7.08. The fourth-order valence-corrected chi connectivity index (χ4v) is 2.10. The summed E-state index contributed by atoms with van der Waals surface area (Å²) < 4.78 is 0. The van der Waals surface area contributed by atoms with Crippen LogP contribution in [0.1, 0.15) is 21.5 Å². The van der Waals surface area contributed by atoms with E-state index < -0.39 is 0 Å². The Morgan fingerprint density at radius 2 is 2.33 bits per heavy atom. The number of carbonyl (C=O) groups is 1. The van der Waals surface area contributed by atoms with Crippen LogP contribution in [-0.2, 0) is 6.42 Å². The zero-order chi connectivity index (χ0) is 10.7. The number of nitrogens with zero attached hydrogens (tertiary/aromatic N) is 1. The molecule has 0 aliphatic rings. The molecule has 0 aliphatic carbocycles. The van der Waals surface area contributed by atoms with Crippen LogP contribution in [0.5, 0.6) is 0 Å². The van der Waals surface area contributed by atoms with Gasteiger partial charge < -0.3 is 0 Å². The lowest BCUT2D eigenvalue weighted by Gasteiger charge is -2.02. The first-order valence-electron chi connectivity index (χ1n) is 4.72. The maximum atomic E-state index is 11.9. The number of pyridine rings is 1. The lowest BCUT2D eigenvalue weighted by Crippen LogP contribution is -2.05. The van der Waals surface area contributed by atoms with Gasteiger partial charge in [0.1, 0.15) is 0 Å². The van der Waals surface area contributed by atoms with E-state index in [-0.39, 0.29) is 5.78 Å². The highest BCUT2D eigenvalue weighted by Crippen LogP contribution is 2.12. The van der Waals surface area contributed by atoms with Gasteiger partial charge in [-0.15, -0.1) is 0 Å². The van der Waals surface area contributed by atoms with Crippen LogP contribution in [0, 0.1) is 6.92 Å². The smallest absolute Gasteiger partial charge is 0.169 e.